The van der Waals surface area contributed by atoms with Crippen LogP contribution in [0.15, 0.2) is 71.0 Å². The maximum absolute atomic E-state index is 13.1. The molecule has 0 saturated carbocycles. The van der Waals surface area contributed by atoms with Gasteiger partial charge >= 0.3 is 0 Å². The summed E-state index contributed by atoms with van der Waals surface area (Å²) in [7, 11) is 0. The second-order valence-electron chi connectivity index (χ2n) is 7.53. The van der Waals surface area contributed by atoms with Crippen LogP contribution in [0.3, 0.4) is 0 Å². The van der Waals surface area contributed by atoms with E-state index in [2.05, 4.69) is 45.9 Å². The monoisotopic (exact) mass is 437 g/mol. The van der Waals surface area contributed by atoms with Crippen molar-refractivity contribution in [3.63, 3.8) is 0 Å². The number of amides is 1. The summed E-state index contributed by atoms with van der Waals surface area (Å²) in [5, 5.41) is 9.02. The van der Waals surface area contributed by atoms with Gasteiger partial charge in [-0.15, -0.1) is 16.8 Å². The Bertz CT molecular complexity index is 994. The van der Waals surface area contributed by atoms with Crippen molar-refractivity contribution in [1.82, 2.24) is 24.6 Å². The van der Waals surface area contributed by atoms with Crippen LogP contribution in [0.2, 0.25) is 0 Å². The van der Waals surface area contributed by atoms with Crippen molar-refractivity contribution in [2.75, 3.05) is 26.2 Å². The Morgan fingerprint density at radius 2 is 1.94 bits per heavy atom. The first kappa shape index (κ1) is 21.4. The molecule has 1 aliphatic heterocycles. The normalized spacial score (nSPS) is 15.7. The van der Waals surface area contributed by atoms with Gasteiger partial charge in [-0.2, -0.15) is 0 Å². The third-order valence-corrected chi connectivity index (χ3v) is 6.40. The molecule has 7 nitrogen and oxygen atoms in total. The van der Waals surface area contributed by atoms with Crippen molar-refractivity contribution in [3.8, 4) is 11.6 Å². The summed E-state index contributed by atoms with van der Waals surface area (Å²) >= 11 is 1.43. The molecule has 1 aliphatic rings. The summed E-state index contributed by atoms with van der Waals surface area (Å²) < 4.78 is 7.40. The molecule has 0 N–H and O–H groups in total. The molecule has 1 aromatic carbocycles. The minimum Gasteiger partial charge on any atom is -0.461 e. The number of hydrogen-bond acceptors (Lipinski definition) is 6. The van der Waals surface area contributed by atoms with Gasteiger partial charge in [-0.25, -0.2) is 0 Å². The fraction of sp³-hybridized carbons (Fsp3) is 0.348. The van der Waals surface area contributed by atoms with E-state index in [0.29, 0.717) is 23.3 Å². The number of carbonyl (C=O) groups excluding carboxylic acids is 1. The molecule has 0 radical (unpaired) electrons. The summed E-state index contributed by atoms with van der Waals surface area (Å²) in [6.07, 6.45) is 3.40. The van der Waals surface area contributed by atoms with Gasteiger partial charge in [0.1, 0.15) is 0 Å². The van der Waals surface area contributed by atoms with E-state index >= 15 is 0 Å². The Balaban J connectivity index is 1.35. The van der Waals surface area contributed by atoms with Crippen LogP contribution in [0.4, 0.5) is 0 Å². The number of thioether (sulfide) groups is 1. The van der Waals surface area contributed by atoms with Crippen molar-refractivity contribution in [2.24, 2.45) is 0 Å². The summed E-state index contributed by atoms with van der Waals surface area (Å²) in [4.78, 5) is 17.4. The van der Waals surface area contributed by atoms with Crippen molar-refractivity contribution >= 4 is 17.7 Å². The third kappa shape index (κ3) is 5.08. The van der Waals surface area contributed by atoms with Crippen LogP contribution in [0.1, 0.15) is 12.5 Å². The van der Waals surface area contributed by atoms with Gasteiger partial charge in [0.25, 0.3) is 0 Å². The van der Waals surface area contributed by atoms with E-state index in [0.717, 1.165) is 32.7 Å². The molecule has 1 unspecified atom stereocenters. The number of piperazine rings is 1. The Hall–Kier alpha value is -2.84. The standard InChI is InChI=1S/C23H27N5O2S/c1-3-11-28-21(20-10-7-16-30-20)24-25-23(28)31-18(2)22(29)27-14-12-26(13-15-27)17-19-8-5-4-6-9-19/h3-10,16,18H,1,11-15,17H2,2H3. The lowest BCUT2D eigenvalue weighted by molar-refractivity contribution is -0.132. The van der Waals surface area contributed by atoms with Gasteiger partial charge in [0.2, 0.25) is 11.7 Å². The van der Waals surface area contributed by atoms with Gasteiger partial charge < -0.3 is 9.32 Å². The van der Waals surface area contributed by atoms with Crippen LogP contribution in [0.5, 0.6) is 0 Å². The van der Waals surface area contributed by atoms with E-state index in [1.54, 1.807) is 12.3 Å². The molecule has 1 fully saturated rings. The van der Waals surface area contributed by atoms with Crippen LogP contribution < -0.4 is 0 Å². The summed E-state index contributed by atoms with van der Waals surface area (Å²) in [5.74, 6) is 1.42. The van der Waals surface area contributed by atoms with E-state index in [4.69, 9.17) is 4.42 Å². The fourth-order valence-corrected chi connectivity index (χ4v) is 4.63. The zero-order valence-corrected chi connectivity index (χ0v) is 18.5. The molecule has 1 atom stereocenters. The van der Waals surface area contributed by atoms with E-state index in [9.17, 15) is 4.79 Å². The SMILES string of the molecule is C=CCn1c(SC(C)C(=O)N2CCN(Cc3ccccc3)CC2)nnc1-c1ccco1. The maximum atomic E-state index is 13.1. The predicted octanol–water partition coefficient (Wildman–Crippen LogP) is 3.55. The second-order valence-corrected chi connectivity index (χ2v) is 8.84. The largest absolute Gasteiger partial charge is 0.461 e. The van der Waals surface area contributed by atoms with Gasteiger partial charge in [-0.05, 0) is 24.6 Å². The van der Waals surface area contributed by atoms with E-state index < -0.39 is 0 Å². The first-order valence-electron chi connectivity index (χ1n) is 10.5. The first-order valence-corrected chi connectivity index (χ1v) is 11.3. The van der Waals surface area contributed by atoms with Crippen molar-refractivity contribution in [2.45, 2.75) is 30.4 Å². The van der Waals surface area contributed by atoms with Crippen LogP contribution >= 0.6 is 11.8 Å². The lowest BCUT2D eigenvalue weighted by Gasteiger charge is -2.35. The molecule has 31 heavy (non-hydrogen) atoms. The van der Waals surface area contributed by atoms with Crippen LogP contribution in [0, 0.1) is 0 Å². The smallest absolute Gasteiger partial charge is 0.235 e. The van der Waals surface area contributed by atoms with Crippen molar-refractivity contribution < 1.29 is 9.21 Å². The average molecular weight is 438 g/mol. The van der Waals surface area contributed by atoms with Gasteiger partial charge in [0.15, 0.2) is 10.9 Å². The summed E-state index contributed by atoms with van der Waals surface area (Å²) in [5.41, 5.74) is 1.31. The van der Waals surface area contributed by atoms with Gasteiger partial charge in [-0.3, -0.25) is 14.3 Å². The molecule has 0 bridgehead atoms. The minimum atomic E-state index is -0.252. The Labute approximate surface area is 186 Å². The number of hydrogen-bond donors (Lipinski definition) is 0. The zero-order chi connectivity index (χ0) is 21.6. The molecule has 162 valence electrons. The third-order valence-electron chi connectivity index (χ3n) is 5.33. The van der Waals surface area contributed by atoms with Crippen LogP contribution in [-0.4, -0.2) is 61.9 Å². The predicted molar refractivity (Wildman–Crippen MR) is 122 cm³/mol. The topological polar surface area (TPSA) is 67.4 Å². The molecule has 8 heteroatoms. The van der Waals surface area contributed by atoms with Crippen LogP contribution in [-0.2, 0) is 17.9 Å². The lowest BCUT2D eigenvalue weighted by Crippen LogP contribution is -2.50. The fourth-order valence-electron chi connectivity index (χ4n) is 3.69. The zero-order valence-electron chi connectivity index (χ0n) is 17.7. The molecule has 3 aromatic rings. The van der Waals surface area contributed by atoms with Crippen molar-refractivity contribution in [1.29, 1.82) is 0 Å². The highest BCUT2D eigenvalue weighted by molar-refractivity contribution is 8.00. The van der Waals surface area contributed by atoms with Crippen molar-refractivity contribution in [3.05, 3.63) is 66.9 Å². The number of aromatic nitrogens is 3. The number of furan rings is 1. The Morgan fingerprint density at radius 3 is 2.61 bits per heavy atom. The highest BCUT2D eigenvalue weighted by atomic mass is 32.2. The van der Waals surface area contributed by atoms with E-state index in [1.807, 2.05) is 34.6 Å². The molecule has 1 amide bonds. The van der Waals surface area contributed by atoms with Gasteiger partial charge in [0.05, 0.1) is 11.5 Å². The van der Waals surface area contributed by atoms with Gasteiger partial charge in [-0.1, -0.05) is 48.2 Å². The molecule has 1 saturated heterocycles. The molecule has 0 spiro atoms. The maximum Gasteiger partial charge on any atom is 0.235 e. The highest BCUT2D eigenvalue weighted by Gasteiger charge is 2.27. The average Bonchev–Trinajstić information content (AvgIpc) is 3.45. The first-order chi connectivity index (χ1) is 15.2. The Morgan fingerprint density at radius 1 is 1.16 bits per heavy atom. The summed E-state index contributed by atoms with van der Waals surface area (Å²) in [6, 6.07) is 14.1. The molecular formula is C23H27N5O2S. The summed E-state index contributed by atoms with van der Waals surface area (Å²) in [6.45, 7) is 10.5. The van der Waals surface area contributed by atoms with Gasteiger partial charge in [0, 0.05) is 39.3 Å². The molecule has 2 aromatic heterocycles. The van der Waals surface area contributed by atoms with E-state index in [-0.39, 0.29) is 11.2 Å². The lowest BCUT2D eigenvalue weighted by atomic mass is 10.2. The second kappa shape index (κ2) is 9.98. The number of benzene rings is 1. The highest BCUT2D eigenvalue weighted by Crippen LogP contribution is 2.28. The quantitative estimate of drug-likeness (QED) is 0.397. The number of allylic oxidation sites excluding steroid dienone is 1. The number of rotatable bonds is 8. The Kier molecular flexibility index (Phi) is 6.89. The molecular weight excluding hydrogens is 410 g/mol. The minimum absolute atomic E-state index is 0.136. The molecule has 4 rings (SSSR count). The molecule has 0 aliphatic carbocycles. The van der Waals surface area contributed by atoms with E-state index in [1.165, 1.54) is 17.3 Å². The van der Waals surface area contributed by atoms with Crippen LogP contribution in [0.25, 0.3) is 11.6 Å². The number of nitrogens with zero attached hydrogens (tertiary/aromatic N) is 5. The molecule has 3 heterocycles. The number of carbonyl (C=O) groups is 1.